The molecule has 0 bridgehead atoms. The maximum absolute atomic E-state index is 12.6. The van der Waals surface area contributed by atoms with Gasteiger partial charge in [0, 0.05) is 50.2 Å². The van der Waals surface area contributed by atoms with Gasteiger partial charge >= 0.3 is 15.5 Å². The average molecular weight is 555 g/mol. The van der Waals surface area contributed by atoms with E-state index in [2.05, 4.69) is 20.6 Å². The molecular formula is C15H25F3IN5O2S2. The van der Waals surface area contributed by atoms with Crippen molar-refractivity contribution >= 4 is 51.3 Å². The third-order valence-corrected chi connectivity index (χ3v) is 6.83. The van der Waals surface area contributed by atoms with Gasteiger partial charge in [-0.1, -0.05) is 0 Å². The van der Waals surface area contributed by atoms with Gasteiger partial charge in [-0.3, -0.25) is 4.99 Å². The van der Waals surface area contributed by atoms with Gasteiger partial charge in [0.25, 0.3) is 0 Å². The van der Waals surface area contributed by atoms with E-state index in [-0.39, 0.29) is 55.9 Å². The lowest BCUT2D eigenvalue weighted by atomic mass is 10.1. The van der Waals surface area contributed by atoms with Crippen molar-refractivity contribution in [2.75, 3.05) is 26.7 Å². The summed E-state index contributed by atoms with van der Waals surface area (Å²) in [4.78, 5) is 8.50. The zero-order valence-electron chi connectivity index (χ0n) is 15.6. The molecule has 1 aliphatic rings. The fourth-order valence-corrected chi connectivity index (χ4v) is 4.54. The molecule has 0 amide bonds. The maximum atomic E-state index is 12.6. The van der Waals surface area contributed by atoms with Crippen LogP contribution >= 0.6 is 35.3 Å². The minimum absolute atomic E-state index is 0. The smallest absolute Gasteiger partial charge is 0.356 e. The maximum Gasteiger partial charge on any atom is 0.511 e. The number of nitrogens with one attached hydrogen (secondary N) is 2. The summed E-state index contributed by atoms with van der Waals surface area (Å²) in [7, 11) is -3.63. The van der Waals surface area contributed by atoms with Crippen molar-refractivity contribution < 1.29 is 21.6 Å². The van der Waals surface area contributed by atoms with Crippen molar-refractivity contribution in [3.8, 4) is 0 Å². The number of sulfonamides is 1. The third kappa shape index (κ3) is 6.99. The highest BCUT2D eigenvalue weighted by Crippen LogP contribution is 2.28. The molecule has 2 N–H and O–H groups in total. The van der Waals surface area contributed by atoms with Gasteiger partial charge in [0.05, 0.1) is 5.01 Å². The number of nitrogens with zero attached hydrogens (tertiary/aromatic N) is 3. The summed E-state index contributed by atoms with van der Waals surface area (Å²) in [5, 5.41) is 9.39. The van der Waals surface area contributed by atoms with Crippen LogP contribution in [0.25, 0.3) is 0 Å². The van der Waals surface area contributed by atoms with Gasteiger partial charge in [0.2, 0.25) is 0 Å². The molecule has 0 radical (unpaired) electrons. The van der Waals surface area contributed by atoms with E-state index in [1.54, 1.807) is 18.4 Å². The van der Waals surface area contributed by atoms with E-state index in [0.29, 0.717) is 16.8 Å². The molecule has 0 unspecified atom stereocenters. The summed E-state index contributed by atoms with van der Waals surface area (Å²) in [5.41, 5.74) is -4.24. The highest BCUT2D eigenvalue weighted by atomic mass is 127. The minimum Gasteiger partial charge on any atom is -0.356 e. The van der Waals surface area contributed by atoms with E-state index in [1.165, 1.54) is 0 Å². The number of hydrogen-bond donors (Lipinski definition) is 2. The first kappa shape index (κ1) is 25.4. The van der Waals surface area contributed by atoms with Crippen molar-refractivity contribution in [2.24, 2.45) is 4.99 Å². The van der Waals surface area contributed by atoms with Crippen molar-refractivity contribution in [2.45, 2.75) is 44.2 Å². The first-order valence-corrected chi connectivity index (χ1v) is 10.9. The Morgan fingerprint density at radius 3 is 2.54 bits per heavy atom. The standard InChI is InChI=1S/C15H24F3N5O2S2.HI/c1-11-10-26-13(21-11)4-3-7-20-14(19-2)22-12-5-8-23(9-6-12)27(24,25)15(16,17)18;/h10,12H,3-9H2,1-2H3,(H2,19,20,22);1H. The van der Waals surface area contributed by atoms with Crippen molar-refractivity contribution in [3.05, 3.63) is 16.1 Å². The van der Waals surface area contributed by atoms with Gasteiger partial charge in [-0.2, -0.15) is 17.5 Å². The lowest BCUT2D eigenvalue weighted by molar-refractivity contribution is -0.0494. The van der Waals surface area contributed by atoms with E-state index in [0.717, 1.165) is 23.5 Å². The Balaban J connectivity index is 0.00000392. The number of guanidine groups is 1. The first-order chi connectivity index (χ1) is 12.6. The normalized spacial score (nSPS) is 17.2. The Hall–Kier alpha value is -0.670. The van der Waals surface area contributed by atoms with Crippen molar-refractivity contribution in [3.63, 3.8) is 0 Å². The monoisotopic (exact) mass is 555 g/mol. The van der Waals surface area contributed by atoms with Crippen molar-refractivity contribution in [1.29, 1.82) is 0 Å². The molecular weight excluding hydrogens is 530 g/mol. The van der Waals surface area contributed by atoms with Crippen LogP contribution in [0.15, 0.2) is 10.4 Å². The van der Waals surface area contributed by atoms with Crippen LogP contribution in [0.3, 0.4) is 0 Å². The quantitative estimate of drug-likeness (QED) is 0.244. The van der Waals surface area contributed by atoms with E-state index < -0.39 is 15.5 Å². The minimum atomic E-state index is -5.25. The predicted octanol–water partition coefficient (Wildman–Crippen LogP) is 2.48. The largest absolute Gasteiger partial charge is 0.511 e. The molecule has 28 heavy (non-hydrogen) atoms. The zero-order valence-corrected chi connectivity index (χ0v) is 19.6. The Kier molecular flexibility index (Phi) is 9.89. The lowest BCUT2D eigenvalue weighted by Crippen LogP contribution is -2.51. The van der Waals surface area contributed by atoms with Crippen LogP contribution in [-0.2, 0) is 16.4 Å². The average Bonchev–Trinajstić information content (AvgIpc) is 3.02. The highest BCUT2D eigenvalue weighted by Gasteiger charge is 2.50. The molecule has 1 aliphatic heterocycles. The van der Waals surface area contributed by atoms with E-state index in [9.17, 15) is 21.6 Å². The van der Waals surface area contributed by atoms with Crippen LogP contribution in [-0.4, -0.2) is 61.9 Å². The highest BCUT2D eigenvalue weighted by molar-refractivity contribution is 14.0. The number of aryl methyl sites for hydroxylation is 2. The number of aliphatic imine (C=N–C) groups is 1. The van der Waals surface area contributed by atoms with Crippen molar-refractivity contribution in [1.82, 2.24) is 19.9 Å². The first-order valence-electron chi connectivity index (χ1n) is 8.58. The van der Waals surface area contributed by atoms with Crippen LogP contribution in [0.5, 0.6) is 0 Å². The molecule has 0 aliphatic carbocycles. The summed E-state index contributed by atoms with van der Waals surface area (Å²) in [5.74, 6) is 0.558. The molecule has 1 aromatic heterocycles. The van der Waals surface area contributed by atoms with Gasteiger partial charge in [-0.15, -0.1) is 35.3 Å². The lowest BCUT2D eigenvalue weighted by Gasteiger charge is -2.32. The molecule has 1 fully saturated rings. The molecule has 13 heteroatoms. The molecule has 7 nitrogen and oxygen atoms in total. The Morgan fingerprint density at radius 2 is 2.04 bits per heavy atom. The summed E-state index contributed by atoms with van der Waals surface area (Å²) in [6.45, 7) is 2.30. The second-order valence-electron chi connectivity index (χ2n) is 6.25. The molecule has 0 saturated carbocycles. The van der Waals surface area contributed by atoms with Crippen LogP contribution in [0.2, 0.25) is 0 Å². The second-order valence-corrected chi connectivity index (χ2v) is 9.13. The van der Waals surface area contributed by atoms with Gasteiger partial charge in [0.1, 0.15) is 0 Å². The Morgan fingerprint density at radius 1 is 1.39 bits per heavy atom. The van der Waals surface area contributed by atoms with E-state index in [1.807, 2.05) is 12.3 Å². The van der Waals surface area contributed by atoms with Crippen LogP contribution in [0, 0.1) is 6.92 Å². The predicted molar refractivity (Wildman–Crippen MR) is 115 cm³/mol. The summed E-state index contributed by atoms with van der Waals surface area (Å²) >= 11 is 1.63. The number of alkyl halides is 3. The molecule has 162 valence electrons. The molecule has 0 spiro atoms. The van der Waals surface area contributed by atoms with Crippen LogP contribution < -0.4 is 10.6 Å². The second kappa shape index (κ2) is 10.9. The summed E-state index contributed by atoms with van der Waals surface area (Å²) in [6, 6.07) is -0.127. The van der Waals surface area contributed by atoms with E-state index in [4.69, 9.17) is 0 Å². The third-order valence-electron chi connectivity index (χ3n) is 4.18. The number of rotatable bonds is 6. The zero-order chi connectivity index (χ0) is 20.1. The summed E-state index contributed by atoms with van der Waals surface area (Å²) in [6.07, 6.45) is 2.30. The van der Waals surface area contributed by atoms with Crippen LogP contribution in [0.4, 0.5) is 13.2 Å². The Bertz CT molecular complexity index is 747. The number of aromatic nitrogens is 1. The molecule has 0 atom stereocenters. The van der Waals surface area contributed by atoms with E-state index >= 15 is 0 Å². The SMILES string of the molecule is CN=C(NCCCc1nc(C)cs1)NC1CCN(S(=O)(=O)C(F)(F)F)CC1.I. The fraction of sp³-hybridized carbons (Fsp3) is 0.733. The molecule has 1 saturated heterocycles. The Labute approximate surface area is 184 Å². The number of hydrogen-bond acceptors (Lipinski definition) is 5. The number of thiazole rings is 1. The fourth-order valence-electron chi connectivity index (χ4n) is 2.74. The number of halogens is 4. The molecule has 2 heterocycles. The number of piperidine rings is 1. The topological polar surface area (TPSA) is 86.7 Å². The molecule has 0 aromatic carbocycles. The van der Waals surface area contributed by atoms with Gasteiger partial charge in [0.15, 0.2) is 5.96 Å². The van der Waals surface area contributed by atoms with Crippen LogP contribution in [0.1, 0.15) is 30.0 Å². The molecule has 2 rings (SSSR count). The summed E-state index contributed by atoms with van der Waals surface area (Å²) < 4.78 is 61.1. The van der Waals surface area contributed by atoms with Gasteiger partial charge < -0.3 is 10.6 Å². The van der Waals surface area contributed by atoms with Gasteiger partial charge in [-0.05, 0) is 26.2 Å². The van der Waals surface area contributed by atoms with Gasteiger partial charge in [-0.25, -0.2) is 13.4 Å². The molecule has 1 aromatic rings.